The fraction of sp³-hybridized carbons (Fsp3) is 0.188. The summed E-state index contributed by atoms with van der Waals surface area (Å²) in [5, 5.41) is 19.4. The van der Waals surface area contributed by atoms with Crippen LogP contribution < -0.4 is 14.2 Å². The van der Waals surface area contributed by atoms with Crippen LogP contribution in [0, 0.1) is 21.4 Å². The lowest BCUT2D eigenvalue weighted by atomic mass is 10.2. The molecular weight excluding hydrogens is 300 g/mol. The van der Waals surface area contributed by atoms with Gasteiger partial charge in [-0.1, -0.05) is 0 Å². The van der Waals surface area contributed by atoms with Crippen molar-refractivity contribution >= 4 is 5.69 Å². The number of ether oxygens (including phenoxy) is 3. The Morgan fingerprint density at radius 3 is 2.39 bits per heavy atom. The minimum absolute atomic E-state index is 0.0666. The lowest BCUT2D eigenvalue weighted by Crippen LogP contribution is -2.09. The van der Waals surface area contributed by atoms with Crippen LogP contribution in [-0.2, 0) is 0 Å². The summed E-state index contributed by atoms with van der Waals surface area (Å²) < 4.78 is 16.1. The number of nitriles is 1. The van der Waals surface area contributed by atoms with Crippen molar-refractivity contribution in [3.63, 3.8) is 0 Å². The highest BCUT2D eigenvalue weighted by molar-refractivity contribution is 5.48. The zero-order chi connectivity index (χ0) is 16.7. The first-order valence-electron chi connectivity index (χ1n) is 6.72. The van der Waals surface area contributed by atoms with E-state index in [0.717, 1.165) is 0 Å². The summed E-state index contributed by atoms with van der Waals surface area (Å²) in [5.74, 6) is 1.32. The molecule has 2 rings (SSSR count). The van der Waals surface area contributed by atoms with Crippen molar-refractivity contribution in [2.75, 3.05) is 20.3 Å². The molecule has 7 heteroatoms. The number of hydrogen-bond donors (Lipinski definition) is 0. The topological polar surface area (TPSA) is 94.6 Å². The summed E-state index contributed by atoms with van der Waals surface area (Å²) in [4.78, 5) is 10.2. The van der Waals surface area contributed by atoms with Gasteiger partial charge >= 0.3 is 0 Å². The van der Waals surface area contributed by atoms with E-state index in [2.05, 4.69) is 0 Å². The lowest BCUT2D eigenvalue weighted by Gasteiger charge is -2.11. The predicted octanol–water partition coefficient (Wildman–Crippen LogP) is 2.93. The predicted molar refractivity (Wildman–Crippen MR) is 81.8 cm³/mol. The van der Waals surface area contributed by atoms with Crippen LogP contribution in [0.3, 0.4) is 0 Å². The summed E-state index contributed by atoms with van der Waals surface area (Å²) >= 11 is 0. The maximum atomic E-state index is 10.7. The van der Waals surface area contributed by atoms with Gasteiger partial charge in [-0.05, 0) is 30.3 Å². The number of non-ortho nitro benzene ring substituents is 1. The third-order valence-corrected chi connectivity index (χ3v) is 2.95. The highest BCUT2D eigenvalue weighted by Crippen LogP contribution is 2.31. The molecule has 0 aliphatic carbocycles. The Kier molecular flexibility index (Phi) is 5.36. The van der Waals surface area contributed by atoms with E-state index in [1.165, 1.54) is 25.3 Å². The van der Waals surface area contributed by atoms with Gasteiger partial charge in [-0.25, -0.2) is 0 Å². The standard InChI is InChI=1S/C16H14N2O5/c1-21-16-10-13(18(19)20)4-7-15(16)23-9-8-22-14-5-2-12(11-17)3-6-14/h2-7,10H,8-9H2,1H3. The van der Waals surface area contributed by atoms with Crippen molar-refractivity contribution in [1.29, 1.82) is 5.26 Å². The molecule has 0 aromatic heterocycles. The number of nitro groups is 1. The summed E-state index contributed by atoms with van der Waals surface area (Å²) in [6.45, 7) is 0.528. The third-order valence-electron chi connectivity index (χ3n) is 2.95. The van der Waals surface area contributed by atoms with Gasteiger partial charge in [0.15, 0.2) is 11.5 Å². The SMILES string of the molecule is COc1cc([N+](=O)[O-])ccc1OCCOc1ccc(C#N)cc1. The van der Waals surface area contributed by atoms with E-state index in [1.807, 2.05) is 6.07 Å². The first kappa shape index (κ1) is 16.1. The molecule has 2 aromatic rings. The van der Waals surface area contributed by atoms with Gasteiger partial charge in [0.05, 0.1) is 29.7 Å². The number of benzene rings is 2. The average molecular weight is 314 g/mol. The maximum absolute atomic E-state index is 10.7. The fourth-order valence-electron chi connectivity index (χ4n) is 1.83. The first-order chi connectivity index (χ1) is 11.1. The van der Waals surface area contributed by atoms with Gasteiger partial charge in [-0.3, -0.25) is 10.1 Å². The Bertz CT molecular complexity index is 722. The average Bonchev–Trinajstić information content (AvgIpc) is 2.59. The Morgan fingerprint density at radius 2 is 1.78 bits per heavy atom. The van der Waals surface area contributed by atoms with E-state index in [1.54, 1.807) is 24.3 Å². The van der Waals surface area contributed by atoms with Crippen LogP contribution in [0.15, 0.2) is 42.5 Å². The second-order valence-electron chi connectivity index (χ2n) is 4.43. The zero-order valence-corrected chi connectivity index (χ0v) is 12.4. The molecule has 0 aliphatic rings. The van der Waals surface area contributed by atoms with Crippen LogP contribution in [-0.4, -0.2) is 25.2 Å². The molecule has 0 N–H and O–H groups in total. The van der Waals surface area contributed by atoms with Crippen LogP contribution >= 0.6 is 0 Å². The van der Waals surface area contributed by atoms with E-state index in [4.69, 9.17) is 19.5 Å². The molecule has 0 spiro atoms. The molecule has 0 saturated heterocycles. The molecule has 0 heterocycles. The van der Waals surface area contributed by atoms with Gasteiger partial charge in [0.2, 0.25) is 0 Å². The third kappa shape index (κ3) is 4.35. The van der Waals surface area contributed by atoms with Gasteiger partial charge in [-0.15, -0.1) is 0 Å². The summed E-state index contributed by atoms with van der Waals surface area (Å²) in [6, 6.07) is 12.9. The van der Waals surface area contributed by atoms with E-state index in [-0.39, 0.29) is 24.7 Å². The smallest absolute Gasteiger partial charge is 0.273 e. The van der Waals surface area contributed by atoms with Crippen LogP contribution in [0.5, 0.6) is 17.2 Å². The van der Waals surface area contributed by atoms with Crippen molar-refractivity contribution in [2.24, 2.45) is 0 Å². The number of rotatable bonds is 7. The lowest BCUT2D eigenvalue weighted by molar-refractivity contribution is -0.384. The first-order valence-corrected chi connectivity index (χ1v) is 6.72. The number of hydrogen-bond acceptors (Lipinski definition) is 6. The second-order valence-corrected chi connectivity index (χ2v) is 4.43. The maximum Gasteiger partial charge on any atom is 0.273 e. The van der Waals surface area contributed by atoms with Gasteiger partial charge in [0, 0.05) is 6.07 Å². The van der Waals surface area contributed by atoms with Crippen molar-refractivity contribution in [3.8, 4) is 23.3 Å². The molecule has 0 aliphatic heterocycles. The van der Waals surface area contributed by atoms with Crippen LogP contribution in [0.4, 0.5) is 5.69 Å². The van der Waals surface area contributed by atoms with Gasteiger partial charge < -0.3 is 14.2 Å². The quantitative estimate of drug-likeness (QED) is 0.443. The molecule has 0 atom stereocenters. The Balaban J connectivity index is 1.88. The Morgan fingerprint density at radius 1 is 1.09 bits per heavy atom. The van der Waals surface area contributed by atoms with Gasteiger partial charge in [0.1, 0.15) is 19.0 Å². The van der Waals surface area contributed by atoms with Gasteiger partial charge in [-0.2, -0.15) is 5.26 Å². The van der Waals surface area contributed by atoms with Crippen molar-refractivity contribution in [1.82, 2.24) is 0 Å². The molecule has 0 fully saturated rings. The molecule has 0 unspecified atom stereocenters. The van der Waals surface area contributed by atoms with Crippen molar-refractivity contribution in [3.05, 3.63) is 58.1 Å². The number of methoxy groups -OCH3 is 1. The van der Waals surface area contributed by atoms with E-state index < -0.39 is 4.92 Å². The highest BCUT2D eigenvalue weighted by Gasteiger charge is 2.12. The van der Waals surface area contributed by atoms with E-state index in [0.29, 0.717) is 17.1 Å². The molecular formula is C16H14N2O5. The van der Waals surface area contributed by atoms with Crippen molar-refractivity contribution in [2.45, 2.75) is 0 Å². The number of nitro benzene ring substituents is 1. The molecule has 118 valence electrons. The fourth-order valence-corrected chi connectivity index (χ4v) is 1.83. The molecule has 7 nitrogen and oxygen atoms in total. The molecule has 0 saturated carbocycles. The highest BCUT2D eigenvalue weighted by atomic mass is 16.6. The summed E-state index contributed by atoms with van der Waals surface area (Å²) in [6.07, 6.45) is 0. The Labute approximate surface area is 132 Å². The monoisotopic (exact) mass is 314 g/mol. The Hall–Kier alpha value is -3.27. The van der Waals surface area contributed by atoms with Crippen LogP contribution in [0.25, 0.3) is 0 Å². The second kappa shape index (κ2) is 7.66. The number of nitrogens with zero attached hydrogens (tertiary/aromatic N) is 2. The molecule has 0 radical (unpaired) electrons. The van der Waals surface area contributed by atoms with Crippen LogP contribution in [0.2, 0.25) is 0 Å². The van der Waals surface area contributed by atoms with Crippen LogP contribution in [0.1, 0.15) is 5.56 Å². The van der Waals surface area contributed by atoms with E-state index >= 15 is 0 Å². The molecule has 0 bridgehead atoms. The van der Waals surface area contributed by atoms with Crippen molar-refractivity contribution < 1.29 is 19.1 Å². The minimum atomic E-state index is -0.500. The molecule has 2 aromatic carbocycles. The normalized spacial score (nSPS) is 9.74. The summed E-state index contributed by atoms with van der Waals surface area (Å²) in [5.41, 5.74) is 0.493. The largest absolute Gasteiger partial charge is 0.493 e. The minimum Gasteiger partial charge on any atom is -0.493 e. The zero-order valence-electron chi connectivity index (χ0n) is 12.4. The molecule has 23 heavy (non-hydrogen) atoms. The molecule has 0 amide bonds. The van der Waals surface area contributed by atoms with Gasteiger partial charge in [0.25, 0.3) is 5.69 Å². The summed E-state index contributed by atoms with van der Waals surface area (Å²) in [7, 11) is 1.42. The van der Waals surface area contributed by atoms with E-state index in [9.17, 15) is 10.1 Å².